The average molecular weight is 264 g/mol. The summed E-state index contributed by atoms with van der Waals surface area (Å²) in [5.41, 5.74) is 1.04. The summed E-state index contributed by atoms with van der Waals surface area (Å²) in [4.78, 5) is 4.51. The fourth-order valence-electron chi connectivity index (χ4n) is 2.00. The highest BCUT2D eigenvalue weighted by Crippen LogP contribution is 2.13. The molecule has 0 saturated heterocycles. The summed E-state index contributed by atoms with van der Waals surface area (Å²) in [7, 11) is 0. The van der Waals surface area contributed by atoms with Crippen LogP contribution >= 0.6 is 0 Å². The normalized spacial score (nSPS) is 12.4. The molecular weight excluding hydrogens is 236 g/mol. The molecule has 1 aromatic heterocycles. The smallest absolute Gasteiger partial charge is 0.213 e. The number of nitrogens with zero attached hydrogens (tertiary/aromatic N) is 1. The molecule has 1 atom stereocenters. The number of aromatic nitrogens is 1. The minimum absolute atomic E-state index is 0.249. The van der Waals surface area contributed by atoms with Crippen molar-refractivity contribution in [3.63, 3.8) is 0 Å². The van der Waals surface area contributed by atoms with Crippen LogP contribution in [0.25, 0.3) is 0 Å². The predicted molar refractivity (Wildman–Crippen MR) is 80.5 cm³/mol. The van der Waals surface area contributed by atoms with Crippen LogP contribution in [0.1, 0.15) is 58.6 Å². The number of rotatable bonds is 10. The Labute approximate surface area is 117 Å². The minimum Gasteiger partial charge on any atom is -0.475 e. The monoisotopic (exact) mass is 264 g/mol. The molecule has 0 aliphatic carbocycles. The highest BCUT2D eigenvalue weighted by atomic mass is 16.5. The van der Waals surface area contributed by atoms with E-state index in [1.165, 1.54) is 25.7 Å². The van der Waals surface area contributed by atoms with Gasteiger partial charge in [-0.15, -0.1) is 0 Å². The number of hydrogen-bond acceptors (Lipinski definition) is 3. The van der Waals surface area contributed by atoms with Crippen LogP contribution in [-0.2, 0) is 6.54 Å². The second-order valence-electron chi connectivity index (χ2n) is 5.03. The van der Waals surface area contributed by atoms with E-state index >= 15 is 0 Å². The maximum atomic E-state index is 5.88. The van der Waals surface area contributed by atoms with Gasteiger partial charge in [0.1, 0.15) is 0 Å². The quantitative estimate of drug-likeness (QED) is 0.650. The van der Waals surface area contributed by atoms with E-state index in [0.717, 1.165) is 31.1 Å². The van der Waals surface area contributed by atoms with E-state index in [9.17, 15) is 0 Å². The fourth-order valence-corrected chi connectivity index (χ4v) is 2.00. The van der Waals surface area contributed by atoms with Crippen molar-refractivity contribution in [3.8, 4) is 5.88 Å². The van der Waals surface area contributed by atoms with E-state index in [2.05, 4.69) is 31.1 Å². The van der Waals surface area contributed by atoms with Crippen LogP contribution in [0.3, 0.4) is 0 Å². The maximum Gasteiger partial charge on any atom is 0.213 e. The first-order valence-corrected chi connectivity index (χ1v) is 7.59. The van der Waals surface area contributed by atoms with Crippen molar-refractivity contribution in [1.82, 2.24) is 10.3 Å². The van der Waals surface area contributed by atoms with Crippen molar-refractivity contribution in [1.29, 1.82) is 0 Å². The topological polar surface area (TPSA) is 34.1 Å². The Bertz CT molecular complexity index is 341. The SMILES string of the molecule is CCCCCCC(C)Oc1cccc(CNCC)n1. The first-order chi connectivity index (χ1) is 9.26. The van der Waals surface area contributed by atoms with E-state index in [4.69, 9.17) is 4.74 Å². The fraction of sp³-hybridized carbons (Fsp3) is 0.688. The van der Waals surface area contributed by atoms with Crippen molar-refractivity contribution in [2.75, 3.05) is 6.54 Å². The van der Waals surface area contributed by atoms with E-state index in [1.54, 1.807) is 0 Å². The van der Waals surface area contributed by atoms with Gasteiger partial charge in [0.25, 0.3) is 0 Å². The zero-order chi connectivity index (χ0) is 13.9. The molecule has 1 aromatic rings. The largest absolute Gasteiger partial charge is 0.475 e. The van der Waals surface area contributed by atoms with Crippen LogP contribution in [0.15, 0.2) is 18.2 Å². The summed E-state index contributed by atoms with van der Waals surface area (Å²) in [6.45, 7) is 8.22. The second kappa shape index (κ2) is 9.79. The van der Waals surface area contributed by atoms with E-state index in [0.29, 0.717) is 0 Å². The highest BCUT2D eigenvalue weighted by Gasteiger charge is 2.05. The lowest BCUT2D eigenvalue weighted by Gasteiger charge is -2.14. The number of nitrogens with one attached hydrogen (secondary N) is 1. The molecule has 1 heterocycles. The van der Waals surface area contributed by atoms with Crippen molar-refractivity contribution in [2.45, 2.75) is 65.5 Å². The van der Waals surface area contributed by atoms with E-state index < -0.39 is 0 Å². The zero-order valence-electron chi connectivity index (χ0n) is 12.6. The second-order valence-corrected chi connectivity index (χ2v) is 5.03. The molecule has 19 heavy (non-hydrogen) atoms. The first kappa shape index (κ1) is 16.0. The van der Waals surface area contributed by atoms with Crippen LogP contribution in [-0.4, -0.2) is 17.6 Å². The highest BCUT2D eigenvalue weighted by molar-refractivity contribution is 5.15. The molecule has 0 aliphatic heterocycles. The Kier molecular flexibility index (Phi) is 8.23. The Morgan fingerprint density at radius 3 is 2.79 bits per heavy atom. The van der Waals surface area contributed by atoms with Crippen LogP contribution in [0, 0.1) is 0 Å². The number of ether oxygens (including phenoxy) is 1. The molecule has 0 aromatic carbocycles. The Hall–Kier alpha value is -1.09. The number of hydrogen-bond donors (Lipinski definition) is 1. The molecule has 0 fully saturated rings. The van der Waals surface area contributed by atoms with Gasteiger partial charge in [-0.05, 0) is 32.4 Å². The molecule has 3 nitrogen and oxygen atoms in total. The third kappa shape index (κ3) is 7.16. The first-order valence-electron chi connectivity index (χ1n) is 7.59. The standard InChI is InChI=1S/C16H28N2O/c1-4-6-7-8-10-14(3)19-16-12-9-11-15(18-16)13-17-5-2/h9,11-12,14,17H,4-8,10,13H2,1-3H3. The summed E-state index contributed by atoms with van der Waals surface area (Å²) in [6.07, 6.45) is 6.51. The van der Waals surface area contributed by atoms with Crippen molar-refractivity contribution in [2.24, 2.45) is 0 Å². The van der Waals surface area contributed by atoms with E-state index in [-0.39, 0.29) is 6.10 Å². The predicted octanol–water partition coefficient (Wildman–Crippen LogP) is 3.93. The molecule has 0 bridgehead atoms. The van der Waals surface area contributed by atoms with Crippen molar-refractivity contribution >= 4 is 0 Å². The Balaban J connectivity index is 2.34. The van der Waals surface area contributed by atoms with Crippen LogP contribution in [0.4, 0.5) is 0 Å². The lowest BCUT2D eigenvalue weighted by molar-refractivity contribution is 0.197. The molecule has 0 amide bonds. The molecule has 1 rings (SSSR count). The molecule has 3 heteroatoms. The van der Waals surface area contributed by atoms with Gasteiger partial charge in [-0.25, -0.2) is 4.98 Å². The summed E-state index contributed by atoms with van der Waals surface area (Å²) in [6, 6.07) is 5.98. The van der Waals surface area contributed by atoms with Gasteiger partial charge in [-0.1, -0.05) is 39.2 Å². The van der Waals surface area contributed by atoms with Crippen molar-refractivity contribution < 1.29 is 4.74 Å². The molecule has 0 radical (unpaired) electrons. The van der Waals surface area contributed by atoms with Gasteiger partial charge in [0.2, 0.25) is 5.88 Å². The number of pyridine rings is 1. The molecular formula is C16H28N2O. The minimum atomic E-state index is 0.249. The van der Waals surface area contributed by atoms with Gasteiger partial charge in [0.05, 0.1) is 11.8 Å². The van der Waals surface area contributed by atoms with Crippen molar-refractivity contribution in [3.05, 3.63) is 23.9 Å². The van der Waals surface area contributed by atoms with E-state index in [1.807, 2.05) is 18.2 Å². The lowest BCUT2D eigenvalue weighted by atomic mass is 10.1. The van der Waals surface area contributed by atoms with Gasteiger partial charge >= 0.3 is 0 Å². The molecule has 0 saturated carbocycles. The molecule has 1 N–H and O–H groups in total. The van der Waals surface area contributed by atoms with Crippen LogP contribution < -0.4 is 10.1 Å². The third-order valence-electron chi connectivity index (χ3n) is 3.12. The molecule has 0 spiro atoms. The Morgan fingerprint density at radius 2 is 2.05 bits per heavy atom. The maximum absolute atomic E-state index is 5.88. The summed E-state index contributed by atoms with van der Waals surface area (Å²) >= 11 is 0. The average Bonchev–Trinajstić information content (AvgIpc) is 2.42. The van der Waals surface area contributed by atoms with Crippen LogP contribution in [0.2, 0.25) is 0 Å². The zero-order valence-corrected chi connectivity index (χ0v) is 12.6. The molecule has 1 unspecified atom stereocenters. The third-order valence-corrected chi connectivity index (χ3v) is 3.12. The Morgan fingerprint density at radius 1 is 1.21 bits per heavy atom. The van der Waals surface area contributed by atoms with Crippen LogP contribution in [0.5, 0.6) is 5.88 Å². The number of unbranched alkanes of at least 4 members (excludes halogenated alkanes) is 3. The summed E-state index contributed by atoms with van der Waals surface area (Å²) in [5, 5.41) is 3.28. The van der Waals surface area contributed by atoms with Gasteiger partial charge in [-0.3, -0.25) is 0 Å². The van der Waals surface area contributed by atoms with Gasteiger partial charge in [0, 0.05) is 12.6 Å². The summed E-state index contributed by atoms with van der Waals surface area (Å²) in [5.74, 6) is 0.749. The molecule has 108 valence electrons. The van der Waals surface area contributed by atoms with Gasteiger partial charge < -0.3 is 10.1 Å². The summed E-state index contributed by atoms with van der Waals surface area (Å²) < 4.78 is 5.88. The van der Waals surface area contributed by atoms with Gasteiger partial charge in [0.15, 0.2) is 0 Å². The lowest BCUT2D eigenvalue weighted by Crippen LogP contribution is -2.15. The van der Waals surface area contributed by atoms with Gasteiger partial charge in [-0.2, -0.15) is 0 Å². The molecule has 0 aliphatic rings.